The van der Waals surface area contributed by atoms with Crippen LogP contribution < -0.4 is 0 Å². The first-order chi connectivity index (χ1) is 15.8. The summed E-state index contributed by atoms with van der Waals surface area (Å²) in [6, 6.07) is 0. The van der Waals surface area contributed by atoms with Gasteiger partial charge < -0.3 is 9.47 Å². The largest absolute Gasteiger partial charge is 0.462 e. The van der Waals surface area contributed by atoms with Gasteiger partial charge in [-0.3, -0.25) is 14.4 Å². The summed E-state index contributed by atoms with van der Waals surface area (Å²) in [4.78, 5) is 38.3. The van der Waals surface area contributed by atoms with Crippen molar-refractivity contribution in [3.8, 4) is 0 Å². The molecule has 1 heterocycles. The molecule has 7 unspecified atom stereocenters. The van der Waals surface area contributed by atoms with E-state index >= 15 is 0 Å². The lowest BCUT2D eigenvalue weighted by Crippen LogP contribution is -2.58. The number of hydrogen-bond donors (Lipinski definition) is 0. The minimum atomic E-state index is -0.348. The van der Waals surface area contributed by atoms with Gasteiger partial charge in [0.15, 0.2) is 5.78 Å². The van der Waals surface area contributed by atoms with Gasteiger partial charge in [0.05, 0.1) is 5.92 Å². The van der Waals surface area contributed by atoms with Crippen molar-refractivity contribution in [1.82, 2.24) is 0 Å². The van der Waals surface area contributed by atoms with Crippen LogP contribution in [0.2, 0.25) is 0 Å². The molecule has 7 atom stereocenters. The molecule has 4 saturated carbocycles. The molecule has 5 aliphatic carbocycles. The first-order valence-electron chi connectivity index (χ1n) is 13.4. The molecule has 5 heteroatoms. The van der Waals surface area contributed by atoms with Gasteiger partial charge in [0, 0.05) is 18.3 Å². The van der Waals surface area contributed by atoms with Crippen LogP contribution in [0.5, 0.6) is 0 Å². The van der Waals surface area contributed by atoms with E-state index in [1.807, 2.05) is 6.08 Å². The Labute approximate surface area is 197 Å². The van der Waals surface area contributed by atoms with Crippen LogP contribution in [-0.4, -0.2) is 29.4 Å². The summed E-state index contributed by atoms with van der Waals surface area (Å²) in [7, 11) is 0. The number of rotatable bonds is 2. The Hall–Kier alpha value is -1.65. The topological polar surface area (TPSA) is 69.7 Å². The highest BCUT2D eigenvalue weighted by Gasteiger charge is 2.69. The molecular formula is C28H38O5. The van der Waals surface area contributed by atoms with Gasteiger partial charge in [-0.15, -0.1) is 0 Å². The van der Waals surface area contributed by atoms with E-state index in [4.69, 9.17) is 9.47 Å². The Morgan fingerprint density at radius 2 is 1.73 bits per heavy atom. The fraction of sp³-hybridized carbons (Fsp3) is 0.821. The molecule has 5 nitrogen and oxygen atoms in total. The molecule has 6 aliphatic rings. The number of esters is 2. The van der Waals surface area contributed by atoms with Crippen LogP contribution in [0, 0.1) is 34.5 Å². The third-order valence-corrected chi connectivity index (χ3v) is 11.2. The molecule has 0 aromatic carbocycles. The number of carbonyl (C=O) groups excluding carboxylic acids is 3. The summed E-state index contributed by atoms with van der Waals surface area (Å²) < 4.78 is 12.2. The fourth-order valence-electron chi connectivity index (χ4n) is 9.36. The Balaban J connectivity index is 1.38. The van der Waals surface area contributed by atoms with Crippen molar-refractivity contribution in [3.63, 3.8) is 0 Å². The lowest BCUT2D eigenvalue weighted by molar-refractivity contribution is -0.180. The third-order valence-electron chi connectivity index (χ3n) is 11.2. The highest BCUT2D eigenvalue weighted by atomic mass is 16.6. The van der Waals surface area contributed by atoms with Gasteiger partial charge >= 0.3 is 11.9 Å². The molecule has 5 fully saturated rings. The smallest absolute Gasteiger partial charge is 0.309 e. The Kier molecular flexibility index (Phi) is 4.92. The fourth-order valence-corrected chi connectivity index (χ4v) is 9.36. The maximum atomic E-state index is 13.7. The monoisotopic (exact) mass is 454 g/mol. The predicted octanol–water partition coefficient (Wildman–Crippen LogP) is 5.31. The molecule has 0 aromatic heterocycles. The first-order valence-corrected chi connectivity index (χ1v) is 13.4. The van der Waals surface area contributed by atoms with E-state index in [1.165, 1.54) is 5.57 Å². The summed E-state index contributed by atoms with van der Waals surface area (Å²) in [5, 5.41) is 0. The molecule has 6 rings (SSSR count). The minimum absolute atomic E-state index is 0.00779. The van der Waals surface area contributed by atoms with Gasteiger partial charge in [-0.2, -0.15) is 0 Å². The SMILES string of the molecule is CC12CCC(=O)C=C1CC(C(=O)OC1CCCC1)C1C2CCC2(C)C1CCC21CCC(=O)O1. The van der Waals surface area contributed by atoms with Gasteiger partial charge in [-0.05, 0) is 99.9 Å². The van der Waals surface area contributed by atoms with Crippen LogP contribution in [0.1, 0.15) is 97.3 Å². The number of carbonyl (C=O) groups is 3. The zero-order chi connectivity index (χ0) is 23.0. The number of fused-ring (bicyclic) bond motifs is 6. The van der Waals surface area contributed by atoms with E-state index in [-0.39, 0.29) is 52.1 Å². The summed E-state index contributed by atoms with van der Waals surface area (Å²) in [6.07, 6.45) is 13.7. The van der Waals surface area contributed by atoms with Gasteiger partial charge in [-0.25, -0.2) is 0 Å². The molecule has 0 aromatic rings. The second-order valence-corrected chi connectivity index (χ2v) is 12.5. The van der Waals surface area contributed by atoms with E-state index < -0.39 is 0 Å². The standard InChI is InChI=1S/C28H38O5/c1-26-11-7-18(29)15-17(26)16-20(25(31)32-19-5-3-4-6-19)24-21(26)8-12-27(2)22(24)9-13-28(27)14-10-23(30)33-28/h15,19-22,24H,3-14,16H2,1-2H3. The maximum absolute atomic E-state index is 13.7. The second-order valence-electron chi connectivity index (χ2n) is 12.5. The maximum Gasteiger partial charge on any atom is 0.309 e. The van der Waals surface area contributed by atoms with Crippen molar-refractivity contribution in [1.29, 1.82) is 0 Å². The summed E-state index contributed by atoms with van der Waals surface area (Å²) >= 11 is 0. The molecule has 0 N–H and O–H groups in total. The number of ether oxygens (including phenoxy) is 2. The number of ketones is 1. The van der Waals surface area contributed by atoms with Crippen LogP contribution in [0.3, 0.4) is 0 Å². The zero-order valence-electron chi connectivity index (χ0n) is 20.2. The van der Waals surface area contributed by atoms with Gasteiger partial charge in [0.2, 0.25) is 0 Å². The zero-order valence-corrected chi connectivity index (χ0v) is 20.2. The molecule has 180 valence electrons. The molecule has 0 radical (unpaired) electrons. The summed E-state index contributed by atoms with van der Waals surface area (Å²) in [5.41, 5.74) is 0.761. The van der Waals surface area contributed by atoms with E-state index in [0.717, 1.165) is 64.2 Å². The average Bonchev–Trinajstić information content (AvgIpc) is 3.49. The van der Waals surface area contributed by atoms with Crippen molar-refractivity contribution in [2.75, 3.05) is 0 Å². The molecule has 0 amide bonds. The summed E-state index contributed by atoms with van der Waals surface area (Å²) in [6.45, 7) is 4.70. The molecule has 1 saturated heterocycles. The Morgan fingerprint density at radius 1 is 0.970 bits per heavy atom. The van der Waals surface area contributed by atoms with E-state index in [0.29, 0.717) is 31.1 Å². The minimum Gasteiger partial charge on any atom is -0.462 e. The second kappa shape index (κ2) is 7.42. The van der Waals surface area contributed by atoms with Gasteiger partial charge in [-0.1, -0.05) is 19.4 Å². The molecule has 1 aliphatic heterocycles. The van der Waals surface area contributed by atoms with Gasteiger partial charge in [0.25, 0.3) is 0 Å². The first kappa shape index (κ1) is 21.9. The predicted molar refractivity (Wildman–Crippen MR) is 122 cm³/mol. The van der Waals surface area contributed by atoms with Crippen molar-refractivity contribution in [3.05, 3.63) is 11.6 Å². The lowest BCUT2D eigenvalue weighted by atomic mass is 9.44. The van der Waals surface area contributed by atoms with Crippen molar-refractivity contribution in [2.45, 2.75) is 109 Å². The Bertz CT molecular complexity index is 915. The van der Waals surface area contributed by atoms with Crippen LogP contribution in [-0.2, 0) is 23.9 Å². The van der Waals surface area contributed by atoms with Crippen LogP contribution in [0.4, 0.5) is 0 Å². The van der Waals surface area contributed by atoms with Crippen LogP contribution >= 0.6 is 0 Å². The molecule has 33 heavy (non-hydrogen) atoms. The molecule has 1 spiro atoms. The molecular weight excluding hydrogens is 416 g/mol. The van der Waals surface area contributed by atoms with E-state index in [1.54, 1.807) is 0 Å². The van der Waals surface area contributed by atoms with E-state index in [2.05, 4.69) is 13.8 Å². The molecule has 0 bridgehead atoms. The number of allylic oxidation sites excluding steroid dienone is 1. The van der Waals surface area contributed by atoms with Crippen molar-refractivity contribution >= 4 is 17.7 Å². The van der Waals surface area contributed by atoms with Crippen molar-refractivity contribution in [2.24, 2.45) is 34.5 Å². The third kappa shape index (κ3) is 3.06. The Morgan fingerprint density at radius 3 is 2.45 bits per heavy atom. The van der Waals surface area contributed by atoms with Gasteiger partial charge in [0.1, 0.15) is 11.7 Å². The van der Waals surface area contributed by atoms with Crippen LogP contribution in [0.25, 0.3) is 0 Å². The highest BCUT2D eigenvalue weighted by Crippen LogP contribution is 2.70. The average molecular weight is 455 g/mol. The summed E-state index contributed by atoms with van der Waals surface area (Å²) in [5.74, 6) is 0.928. The lowest BCUT2D eigenvalue weighted by Gasteiger charge is -2.60. The van der Waals surface area contributed by atoms with E-state index in [9.17, 15) is 14.4 Å². The quantitative estimate of drug-likeness (QED) is 0.529. The van der Waals surface area contributed by atoms with Crippen LogP contribution in [0.15, 0.2) is 11.6 Å². The highest BCUT2D eigenvalue weighted by molar-refractivity contribution is 5.92. The van der Waals surface area contributed by atoms with Crippen molar-refractivity contribution < 1.29 is 23.9 Å². The normalized spacial score (nSPS) is 47.0. The number of hydrogen-bond acceptors (Lipinski definition) is 5.